The second-order valence-electron chi connectivity index (χ2n) is 4.00. The molecule has 2 rings (SSSR count). The highest BCUT2D eigenvalue weighted by atomic mass is 16.6. The van der Waals surface area contributed by atoms with E-state index in [0.717, 1.165) is 5.56 Å². The van der Waals surface area contributed by atoms with Gasteiger partial charge in [0.1, 0.15) is 0 Å². The van der Waals surface area contributed by atoms with E-state index in [1.165, 1.54) is 24.3 Å². The number of carbonyl (C=O) groups excluding carboxylic acids is 1. The summed E-state index contributed by atoms with van der Waals surface area (Å²) in [5.74, 6) is -0.134. The Morgan fingerprint density at radius 3 is 1.55 bits per heavy atom. The summed E-state index contributed by atoms with van der Waals surface area (Å²) >= 11 is 0. The first-order valence-corrected chi connectivity index (χ1v) is 7.44. The molecule has 0 aliphatic rings. The number of nitro benzene ring substituents is 1. The van der Waals surface area contributed by atoms with E-state index in [-0.39, 0.29) is 11.5 Å². The lowest BCUT2D eigenvalue weighted by Crippen LogP contribution is -2.01. The Morgan fingerprint density at radius 1 is 0.818 bits per heavy atom. The van der Waals surface area contributed by atoms with Gasteiger partial charge in [0.2, 0.25) is 0 Å². The van der Waals surface area contributed by atoms with E-state index in [9.17, 15) is 14.9 Å². The number of nitrogens with zero attached hydrogens (tertiary/aromatic N) is 1. The van der Waals surface area contributed by atoms with Gasteiger partial charge in [0.15, 0.2) is 5.78 Å². The monoisotopic (exact) mass is 301 g/mol. The smallest absolute Gasteiger partial charge is 0.269 e. The number of ketones is 1. The van der Waals surface area contributed by atoms with Gasteiger partial charge in [0.25, 0.3) is 5.69 Å². The van der Waals surface area contributed by atoms with Gasteiger partial charge in [-0.15, -0.1) is 0 Å². The fourth-order valence-corrected chi connectivity index (χ4v) is 1.61. The van der Waals surface area contributed by atoms with E-state index < -0.39 is 4.92 Å². The number of hydrogen-bond acceptors (Lipinski definition) is 3. The minimum absolute atomic E-state index is 0.0181. The number of nitro groups is 1. The van der Waals surface area contributed by atoms with Gasteiger partial charge in [0, 0.05) is 23.3 Å². The molecule has 4 heteroatoms. The summed E-state index contributed by atoms with van der Waals surface area (Å²) in [4.78, 5) is 22.1. The topological polar surface area (TPSA) is 60.2 Å². The average molecular weight is 301 g/mol. The van der Waals surface area contributed by atoms with Crippen LogP contribution < -0.4 is 0 Å². The van der Waals surface area contributed by atoms with Crippen LogP contribution >= 0.6 is 0 Å². The normalized spacial score (nSPS) is 8.77. The summed E-state index contributed by atoms with van der Waals surface area (Å²) in [5.41, 5.74) is 2.09. The highest BCUT2D eigenvalue weighted by molar-refractivity contribution is 6.09. The van der Waals surface area contributed by atoms with Crippen LogP contribution in [0.4, 0.5) is 5.69 Å². The van der Waals surface area contributed by atoms with Gasteiger partial charge in [-0.3, -0.25) is 14.9 Å². The largest absolute Gasteiger partial charge is 0.289 e. The lowest BCUT2D eigenvalue weighted by Gasteiger charge is -2.01. The number of carbonyl (C=O) groups is 1. The second kappa shape index (κ2) is 10.3. The highest BCUT2D eigenvalue weighted by Gasteiger charge is 2.11. The Kier molecular flexibility index (Phi) is 9.11. The molecule has 0 heterocycles. The Bertz CT molecular complexity index is 587. The molecule has 0 saturated heterocycles. The van der Waals surface area contributed by atoms with E-state index in [1.54, 1.807) is 12.1 Å². The van der Waals surface area contributed by atoms with Crippen molar-refractivity contribution in [1.82, 2.24) is 0 Å². The maximum absolute atomic E-state index is 12.1. The van der Waals surface area contributed by atoms with Crippen molar-refractivity contribution in [3.63, 3.8) is 0 Å². The number of non-ortho nitro benzene ring substituents is 1. The van der Waals surface area contributed by atoms with E-state index in [0.29, 0.717) is 11.1 Å². The fourth-order valence-electron chi connectivity index (χ4n) is 1.61. The first-order valence-electron chi connectivity index (χ1n) is 7.44. The zero-order chi connectivity index (χ0) is 17.1. The van der Waals surface area contributed by atoms with Crippen LogP contribution in [0.2, 0.25) is 0 Å². The number of aryl methyl sites for hydroxylation is 1. The summed E-state index contributed by atoms with van der Waals surface area (Å²) in [7, 11) is 0. The Morgan fingerprint density at radius 2 is 1.18 bits per heavy atom. The van der Waals surface area contributed by atoms with Gasteiger partial charge >= 0.3 is 0 Å². The maximum Gasteiger partial charge on any atom is 0.269 e. The predicted molar refractivity (Wildman–Crippen MR) is 90.4 cm³/mol. The van der Waals surface area contributed by atoms with Gasteiger partial charge in [-0.05, 0) is 19.1 Å². The maximum atomic E-state index is 12.1. The third-order valence-electron chi connectivity index (χ3n) is 2.65. The molecule has 118 valence electrons. The van der Waals surface area contributed by atoms with Crippen molar-refractivity contribution in [2.45, 2.75) is 34.6 Å². The van der Waals surface area contributed by atoms with Crippen LogP contribution in [0.25, 0.3) is 0 Å². The lowest BCUT2D eigenvalue weighted by atomic mass is 10.0. The standard InChI is InChI=1S/C14H11NO3.2C2H6/c1-10-2-4-11(5-3-10)14(16)12-6-8-13(9-7-12)15(17)18;2*1-2/h2-9H,1H3;2*1-2H3. The SMILES string of the molecule is CC.CC.Cc1ccc(C(=O)c2ccc([N+](=O)[O-])cc2)cc1. The van der Waals surface area contributed by atoms with Crippen molar-refractivity contribution in [2.75, 3.05) is 0 Å². The molecule has 2 aromatic carbocycles. The molecule has 0 atom stereocenters. The van der Waals surface area contributed by atoms with Gasteiger partial charge in [0.05, 0.1) is 4.92 Å². The molecule has 0 radical (unpaired) electrons. The van der Waals surface area contributed by atoms with Crippen LogP contribution in [-0.4, -0.2) is 10.7 Å². The molecule has 4 nitrogen and oxygen atoms in total. The molecule has 0 spiro atoms. The number of benzene rings is 2. The summed E-state index contributed by atoms with van der Waals surface area (Å²) in [6.07, 6.45) is 0. The lowest BCUT2D eigenvalue weighted by molar-refractivity contribution is -0.384. The van der Waals surface area contributed by atoms with E-state index >= 15 is 0 Å². The van der Waals surface area contributed by atoms with Crippen LogP contribution in [0.5, 0.6) is 0 Å². The summed E-state index contributed by atoms with van der Waals surface area (Å²) in [5, 5.41) is 10.5. The van der Waals surface area contributed by atoms with Crippen molar-refractivity contribution in [1.29, 1.82) is 0 Å². The van der Waals surface area contributed by atoms with Crippen molar-refractivity contribution >= 4 is 11.5 Å². The molecule has 0 N–H and O–H groups in total. The van der Waals surface area contributed by atoms with E-state index in [4.69, 9.17) is 0 Å². The molecular weight excluding hydrogens is 278 g/mol. The molecule has 0 unspecified atom stereocenters. The Labute approximate surface area is 132 Å². The van der Waals surface area contributed by atoms with Crippen LogP contribution in [0.3, 0.4) is 0 Å². The molecule has 0 aromatic heterocycles. The molecule has 0 aliphatic heterocycles. The Hall–Kier alpha value is -2.49. The molecular formula is C18H23NO3. The Balaban J connectivity index is 0.00000102. The van der Waals surface area contributed by atoms with Crippen LogP contribution in [0.15, 0.2) is 48.5 Å². The van der Waals surface area contributed by atoms with Gasteiger partial charge in [-0.2, -0.15) is 0 Å². The first-order chi connectivity index (χ1) is 10.6. The third-order valence-corrected chi connectivity index (χ3v) is 2.65. The second-order valence-corrected chi connectivity index (χ2v) is 4.00. The molecule has 0 aliphatic carbocycles. The fraction of sp³-hybridized carbons (Fsp3) is 0.278. The van der Waals surface area contributed by atoms with Crippen LogP contribution in [0.1, 0.15) is 49.2 Å². The third kappa shape index (κ3) is 5.48. The van der Waals surface area contributed by atoms with Crippen molar-refractivity contribution in [3.8, 4) is 0 Å². The molecule has 22 heavy (non-hydrogen) atoms. The molecule has 0 bridgehead atoms. The number of hydrogen-bond donors (Lipinski definition) is 0. The van der Waals surface area contributed by atoms with Crippen molar-refractivity contribution < 1.29 is 9.72 Å². The average Bonchev–Trinajstić information content (AvgIpc) is 2.58. The summed E-state index contributed by atoms with van der Waals surface area (Å²) < 4.78 is 0. The van der Waals surface area contributed by atoms with Crippen LogP contribution in [-0.2, 0) is 0 Å². The zero-order valence-corrected chi connectivity index (χ0v) is 13.8. The van der Waals surface area contributed by atoms with Crippen LogP contribution in [0, 0.1) is 17.0 Å². The van der Waals surface area contributed by atoms with Gasteiger partial charge in [-0.25, -0.2) is 0 Å². The molecule has 0 fully saturated rings. The van der Waals surface area contributed by atoms with Crippen molar-refractivity contribution in [2.24, 2.45) is 0 Å². The van der Waals surface area contributed by atoms with E-state index in [1.807, 2.05) is 46.8 Å². The highest BCUT2D eigenvalue weighted by Crippen LogP contribution is 2.15. The van der Waals surface area contributed by atoms with E-state index in [2.05, 4.69) is 0 Å². The zero-order valence-electron chi connectivity index (χ0n) is 13.8. The molecule has 0 amide bonds. The summed E-state index contributed by atoms with van der Waals surface area (Å²) in [6, 6.07) is 12.8. The molecule has 0 saturated carbocycles. The van der Waals surface area contributed by atoms with Crippen molar-refractivity contribution in [3.05, 3.63) is 75.3 Å². The quantitative estimate of drug-likeness (QED) is 0.445. The molecule has 2 aromatic rings. The minimum Gasteiger partial charge on any atom is -0.289 e. The van der Waals surface area contributed by atoms with Gasteiger partial charge in [-0.1, -0.05) is 57.5 Å². The number of rotatable bonds is 3. The summed E-state index contributed by atoms with van der Waals surface area (Å²) in [6.45, 7) is 9.94. The van der Waals surface area contributed by atoms with Gasteiger partial charge < -0.3 is 0 Å². The minimum atomic E-state index is -0.486. The first kappa shape index (κ1) is 19.5. The predicted octanol–water partition coefficient (Wildman–Crippen LogP) is 5.19.